The molecule has 0 saturated carbocycles. The number of nitrogen functional groups attached to an aromatic ring is 1. The van der Waals surface area contributed by atoms with Crippen molar-refractivity contribution in [1.82, 2.24) is 24.6 Å². The fourth-order valence-corrected chi connectivity index (χ4v) is 7.10. The zero-order chi connectivity index (χ0) is 28.8. The van der Waals surface area contributed by atoms with Crippen LogP contribution in [0, 0.1) is 12.3 Å². The van der Waals surface area contributed by atoms with Crippen LogP contribution in [0.15, 0.2) is 30.9 Å². The third-order valence-electron chi connectivity index (χ3n) is 6.67. The summed E-state index contributed by atoms with van der Waals surface area (Å²) in [6, 6.07) is 5.42. The van der Waals surface area contributed by atoms with E-state index < -0.39 is 12.7 Å². The molecule has 10 nitrogen and oxygen atoms in total. The SMILES string of the molecule is CCCOC(=O)C(C)(C)CCP(=O)(CO[C@H](C)Cn1cnc2c(N)ncnc21)N[C@H](C)c1ccc(Cl)cc1C. The molecule has 12 heteroatoms. The smallest absolute Gasteiger partial charge is 0.311 e. The molecule has 2 heterocycles. The van der Waals surface area contributed by atoms with Crippen LogP contribution in [0.4, 0.5) is 5.82 Å². The Hall–Kier alpha value is -2.52. The number of nitrogens with zero attached hydrogens (tertiary/aromatic N) is 4. The van der Waals surface area contributed by atoms with E-state index in [9.17, 15) is 9.36 Å². The number of hydrogen-bond donors (Lipinski definition) is 2. The lowest BCUT2D eigenvalue weighted by Crippen LogP contribution is -2.30. The Balaban J connectivity index is 1.75. The summed E-state index contributed by atoms with van der Waals surface area (Å²) in [5.74, 6) is 0.0209. The van der Waals surface area contributed by atoms with Gasteiger partial charge in [-0.3, -0.25) is 9.88 Å². The molecule has 0 fully saturated rings. The van der Waals surface area contributed by atoms with Crippen LogP contribution in [0.5, 0.6) is 0 Å². The number of benzene rings is 1. The topological polar surface area (TPSA) is 134 Å². The van der Waals surface area contributed by atoms with Crippen LogP contribution in [-0.4, -0.2) is 50.7 Å². The highest BCUT2D eigenvalue weighted by molar-refractivity contribution is 7.61. The van der Waals surface area contributed by atoms with Crippen molar-refractivity contribution >= 4 is 41.8 Å². The summed E-state index contributed by atoms with van der Waals surface area (Å²) in [7, 11) is -3.12. The second kappa shape index (κ2) is 13.2. The Morgan fingerprint density at radius 3 is 2.69 bits per heavy atom. The lowest BCUT2D eigenvalue weighted by Gasteiger charge is -2.29. The van der Waals surface area contributed by atoms with Gasteiger partial charge in [-0.15, -0.1) is 0 Å². The van der Waals surface area contributed by atoms with E-state index >= 15 is 0 Å². The van der Waals surface area contributed by atoms with Crippen molar-refractivity contribution in [2.75, 3.05) is 24.9 Å². The lowest BCUT2D eigenvalue weighted by atomic mass is 9.90. The molecule has 0 aliphatic carbocycles. The van der Waals surface area contributed by atoms with Crippen LogP contribution in [0.1, 0.15) is 64.6 Å². The third kappa shape index (κ3) is 8.24. The number of fused-ring (bicyclic) bond motifs is 1. The molecule has 3 aromatic rings. The zero-order valence-corrected chi connectivity index (χ0v) is 25.3. The quantitative estimate of drug-likeness (QED) is 0.181. The Morgan fingerprint density at radius 2 is 2.00 bits per heavy atom. The Labute approximate surface area is 235 Å². The Kier molecular flexibility index (Phi) is 10.5. The predicted octanol–water partition coefficient (Wildman–Crippen LogP) is 5.73. The van der Waals surface area contributed by atoms with E-state index in [0.29, 0.717) is 41.6 Å². The number of ether oxygens (including phenoxy) is 2. The number of aryl methyl sites for hydroxylation is 1. The second-order valence-electron chi connectivity index (χ2n) is 10.7. The lowest BCUT2D eigenvalue weighted by molar-refractivity contribution is -0.154. The first kappa shape index (κ1) is 31.0. The molecule has 1 unspecified atom stereocenters. The summed E-state index contributed by atoms with van der Waals surface area (Å²) in [4.78, 5) is 25.2. The molecule has 0 saturated heterocycles. The minimum absolute atomic E-state index is 0.00498. The summed E-state index contributed by atoms with van der Waals surface area (Å²) < 4.78 is 27.7. The summed E-state index contributed by atoms with van der Waals surface area (Å²) in [5, 5.41) is 4.00. The molecule has 1 aromatic carbocycles. The van der Waals surface area contributed by atoms with E-state index in [-0.39, 0.29) is 30.6 Å². The number of esters is 1. The first-order chi connectivity index (χ1) is 18.3. The molecule has 0 amide bonds. The van der Waals surface area contributed by atoms with Gasteiger partial charge in [-0.2, -0.15) is 0 Å². The van der Waals surface area contributed by atoms with Crippen LogP contribution < -0.4 is 10.8 Å². The normalized spacial score (nSPS) is 15.2. The molecular weight excluding hydrogens is 539 g/mol. The van der Waals surface area contributed by atoms with E-state index in [2.05, 4.69) is 20.0 Å². The fourth-order valence-electron chi connectivity index (χ4n) is 4.28. The molecule has 2 aromatic heterocycles. The summed E-state index contributed by atoms with van der Waals surface area (Å²) >= 11 is 6.15. The summed E-state index contributed by atoms with van der Waals surface area (Å²) in [5.41, 5.74) is 8.25. The van der Waals surface area contributed by atoms with E-state index in [1.807, 2.05) is 64.3 Å². The van der Waals surface area contributed by atoms with Crippen molar-refractivity contribution in [1.29, 1.82) is 0 Å². The van der Waals surface area contributed by atoms with Crippen LogP contribution in [0.2, 0.25) is 5.02 Å². The van der Waals surface area contributed by atoms with Crippen molar-refractivity contribution < 1.29 is 18.8 Å². The van der Waals surface area contributed by atoms with Crippen LogP contribution in [0.25, 0.3) is 11.2 Å². The van der Waals surface area contributed by atoms with Gasteiger partial charge in [0, 0.05) is 17.2 Å². The number of aromatic nitrogens is 4. The van der Waals surface area contributed by atoms with E-state index in [1.165, 1.54) is 6.33 Å². The average molecular weight is 579 g/mol. The maximum absolute atomic E-state index is 14.4. The zero-order valence-electron chi connectivity index (χ0n) is 23.6. The molecule has 3 N–H and O–H groups in total. The summed E-state index contributed by atoms with van der Waals surface area (Å²) in [6.07, 6.45) is 4.12. The molecule has 0 bridgehead atoms. The second-order valence-corrected chi connectivity index (χ2v) is 13.8. The minimum atomic E-state index is -3.12. The Bertz CT molecular complexity index is 1330. The highest BCUT2D eigenvalue weighted by atomic mass is 35.5. The van der Waals surface area contributed by atoms with Gasteiger partial charge < -0.3 is 24.3 Å². The number of rotatable bonds is 14. The first-order valence-corrected chi connectivity index (χ1v) is 15.6. The van der Waals surface area contributed by atoms with Gasteiger partial charge in [0.2, 0.25) is 0 Å². The van der Waals surface area contributed by atoms with E-state index in [1.54, 1.807) is 6.33 Å². The number of hydrogen-bond acceptors (Lipinski definition) is 8. The standard InChI is InChI=1S/C27H40ClN6O4P/c1-7-11-37-26(35)27(5,6)10-12-39(36,33-20(4)22-9-8-21(28)13-18(22)2)17-38-19(3)14-34-16-32-23-24(29)30-15-31-25(23)34/h8-9,13,15-16,19-20H,7,10-12,14,17H2,1-6H3,(H,33,36)(H2,29,30,31)/t19-,20-,39?/m1/s1. The molecule has 3 atom stereocenters. The molecule has 0 aliphatic heterocycles. The largest absolute Gasteiger partial charge is 0.465 e. The molecule has 0 radical (unpaired) electrons. The van der Waals surface area contributed by atoms with Crippen LogP contribution >= 0.6 is 18.9 Å². The molecule has 214 valence electrons. The van der Waals surface area contributed by atoms with E-state index in [4.69, 9.17) is 26.8 Å². The van der Waals surface area contributed by atoms with Crippen LogP contribution in [0.3, 0.4) is 0 Å². The first-order valence-electron chi connectivity index (χ1n) is 13.2. The van der Waals surface area contributed by atoms with Crippen molar-refractivity contribution in [2.24, 2.45) is 5.41 Å². The van der Waals surface area contributed by atoms with Gasteiger partial charge in [-0.05, 0) is 70.7 Å². The number of carbonyl (C=O) groups excluding carboxylic acids is 1. The molecule has 3 rings (SSSR count). The number of halogens is 1. The maximum atomic E-state index is 14.4. The van der Waals surface area contributed by atoms with Gasteiger partial charge >= 0.3 is 5.97 Å². The molecule has 0 spiro atoms. The average Bonchev–Trinajstić information content (AvgIpc) is 3.28. The van der Waals surface area contributed by atoms with Crippen molar-refractivity contribution in [2.45, 2.75) is 73.1 Å². The maximum Gasteiger partial charge on any atom is 0.311 e. The predicted molar refractivity (Wildman–Crippen MR) is 155 cm³/mol. The van der Waals surface area contributed by atoms with Crippen LogP contribution in [-0.2, 0) is 25.4 Å². The number of anilines is 1. The van der Waals surface area contributed by atoms with Crippen molar-refractivity contribution in [3.05, 3.63) is 47.0 Å². The minimum Gasteiger partial charge on any atom is -0.465 e. The molecule has 0 aliphatic rings. The fraction of sp³-hybridized carbons (Fsp3) is 0.556. The van der Waals surface area contributed by atoms with Gasteiger partial charge in [0.15, 0.2) is 18.8 Å². The van der Waals surface area contributed by atoms with Crippen molar-refractivity contribution in [3.8, 4) is 0 Å². The van der Waals surface area contributed by atoms with E-state index in [0.717, 1.165) is 17.5 Å². The van der Waals surface area contributed by atoms with Crippen molar-refractivity contribution in [3.63, 3.8) is 0 Å². The number of nitrogens with two attached hydrogens (primary N) is 1. The molecular formula is C27H40ClN6O4P. The highest BCUT2D eigenvalue weighted by Crippen LogP contribution is 2.47. The van der Waals surface area contributed by atoms with Gasteiger partial charge in [-0.25, -0.2) is 15.0 Å². The Morgan fingerprint density at radius 1 is 1.26 bits per heavy atom. The van der Waals surface area contributed by atoms with Gasteiger partial charge in [0.25, 0.3) is 0 Å². The number of nitrogens with one attached hydrogen (secondary N) is 1. The van der Waals surface area contributed by atoms with Gasteiger partial charge in [0.1, 0.15) is 18.2 Å². The number of imidazole rings is 1. The highest BCUT2D eigenvalue weighted by Gasteiger charge is 2.34. The molecule has 39 heavy (non-hydrogen) atoms. The summed E-state index contributed by atoms with van der Waals surface area (Å²) in [6.45, 7) is 12.2. The van der Waals surface area contributed by atoms with Gasteiger partial charge in [-0.1, -0.05) is 24.6 Å². The number of carbonyl (C=O) groups is 1. The monoisotopic (exact) mass is 578 g/mol. The van der Waals surface area contributed by atoms with Gasteiger partial charge in [0.05, 0.1) is 31.0 Å². The third-order valence-corrected chi connectivity index (χ3v) is 9.27.